The third kappa shape index (κ3) is 1.64. The van der Waals surface area contributed by atoms with Crippen LogP contribution in [-0.4, -0.2) is 18.0 Å². The summed E-state index contributed by atoms with van der Waals surface area (Å²) in [5.41, 5.74) is 2.73. The van der Waals surface area contributed by atoms with E-state index in [4.69, 9.17) is 10.6 Å². The van der Waals surface area contributed by atoms with Gasteiger partial charge in [-0.2, -0.15) is 0 Å². The number of thiazole rings is 1. The number of nitrogens with zero attached hydrogens (tertiary/aromatic N) is 1. The summed E-state index contributed by atoms with van der Waals surface area (Å²) in [6.45, 7) is 0. The lowest BCUT2D eigenvalue weighted by Crippen LogP contribution is -2.29. The number of carbonyl (C=O) groups excluding carboxylic acids is 1. The molecule has 5 nitrogen and oxygen atoms in total. The Hall–Kier alpha value is -1.66. The fourth-order valence-electron chi connectivity index (χ4n) is 1.25. The summed E-state index contributed by atoms with van der Waals surface area (Å²) in [6.07, 6.45) is 0. The highest BCUT2D eigenvalue weighted by Crippen LogP contribution is 2.29. The van der Waals surface area contributed by atoms with E-state index in [1.54, 1.807) is 13.2 Å². The molecule has 78 valence electrons. The van der Waals surface area contributed by atoms with Gasteiger partial charge >= 0.3 is 0 Å². The number of hydrogen-bond donors (Lipinski definition) is 2. The van der Waals surface area contributed by atoms with Crippen molar-refractivity contribution in [2.24, 2.45) is 5.84 Å². The molecule has 1 aromatic carbocycles. The van der Waals surface area contributed by atoms with Crippen molar-refractivity contribution in [1.82, 2.24) is 10.4 Å². The van der Waals surface area contributed by atoms with Crippen LogP contribution in [0.15, 0.2) is 18.2 Å². The van der Waals surface area contributed by atoms with Gasteiger partial charge in [0.05, 0.1) is 11.8 Å². The Balaban J connectivity index is 2.60. The SMILES string of the molecule is COc1cccc2sc(C(=O)NN)nc12. The van der Waals surface area contributed by atoms with Crippen LogP contribution in [0.1, 0.15) is 9.80 Å². The fraction of sp³-hybridized carbons (Fsp3) is 0.111. The number of para-hydroxylation sites is 1. The van der Waals surface area contributed by atoms with E-state index in [2.05, 4.69) is 4.98 Å². The van der Waals surface area contributed by atoms with E-state index < -0.39 is 5.91 Å². The molecule has 15 heavy (non-hydrogen) atoms. The molecule has 1 aromatic heterocycles. The minimum Gasteiger partial charge on any atom is -0.494 e. The van der Waals surface area contributed by atoms with Gasteiger partial charge in [-0.3, -0.25) is 10.2 Å². The first-order valence-electron chi connectivity index (χ1n) is 4.20. The van der Waals surface area contributed by atoms with Crippen LogP contribution >= 0.6 is 11.3 Å². The van der Waals surface area contributed by atoms with Gasteiger partial charge in [0, 0.05) is 0 Å². The van der Waals surface area contributed by atoms with Crippen molar-refractivity contribution in [2.75, 3.05) is 7.11 Å². The molecule has 0 spiro atoms. The number of hydrazine groups is 1. The van der Waals surface area contributed by atoms with Crippen LogP contribution in [0, 0.1) is 0 Å². The fourth-order valence-corrected chi connectivity index (χ4v) is 2.13. The van der Waals surface area contributed by atoms with Gasteiger partial charge in [-0.25, -0.2) is 10.8 Å². The maximum Gasteiger partial charge on any atom is 0.294 e. The summed E-state index contributed by atoms with van der Waals surface area (Å²) < 4.78 is 6.03. The highest BCUT2D eigenvalue weighted by molar-refractivity contribution is 7.20. The molecule has 2 rings (SSSR count). The number of fused-ring (bicyclic) bond motifs is 1. The van der Waals surface area contributed by atoms with Crippen LogP contribution < -0.4 is 16.0 Å². The van der Waals surface area contributed by atoms with E-state index in [1.165, 1.54) is 11.3 Å². The molecule has 0 aliphatic heterocycles. The number of nitrogen functional groups attached to an aromatic ring is 1. The minimum atomic E-state index is -0.391. The first kappa shape index (κ1) is 9.88. The first-order valence-corrected chi connectivity index (χ1v) is 5.02. The van der Waals surface area contributed by atoms with Crippen molar-refractivity contribution >= 4 is 27.5 Å². The summed E-state index contributed by atoms with van der Waals surface area (Å²) in [4.78, 5) is 15.4. The maximum absolute atomic E-state index is 11.3. The third-order valence-electron chi connectivity index (χ3n) is 1.93. The Kier molecular flexibility index (Phi) is 2.53. The van der Waals surface area contributed by atoms with Crippen molar-refractivity contribution in [2.45, 2.75) is 0 Å². The monoisotopic (exact) mass is 223 g/mol. The smallest absolute Gasteiger partial charge is 0.294 e. The third-order valence-corrected chi connectivity index (χ3v) is 2.95. The molecule has 0 atom stereocenters. The number of benzene rings is 1. The van der Waals surface area contributed by atoms with E-state index in [0.29, 0.717) is 16.3 Å². The van der Waals surface area contributed by atoms with Gasteiger partial charge in [0.2, 0.25) is 0 Å². The average molecular weight is 223 g/mol. The van der Waals surface area contributed by atoms with Gasteiger partial charge in [-0.15, -0.1) is 11.3 Å². The molecule has 0 saturated carbocycles. The molecular formula is C9H9N3O2S. The van der Waals surface area contributed by atoms with Crippen molar-refractivity contribution < 1.29 is 9.53 Å². The van der Waals surface area contributed by atoms with Crippen LogP contribution in [0.25, 0.3) is 10.2 Å². The van der Waals surface area contributed by atoms with E-state index in [-0.39, 0.29) is 0 Å². The number of carbonyl (C=O) groups is 1. The number of ether oxygens (including phenoxy) is 1. The molecule has 0 aliphatic rings. The Labute approximate surface area is 89.8 Å². The van der Waals surface area contributed by atoms with E-state index in [1.807, 2.05) is 17.6 Å². The van der Waals surface area contributed by atoms with Gasteiger partial charge in [0.1, 0.15) is 11.3 Å². The van der Waals surface area contributed by atoms with Crippen molar-refractivity contribution in [3.63, 3.8) is 0 Å². The Bertz CT molecular complexity index is 509. The highest BCUT2D eigenvalue weighted by atomic mass is 32.1. The number of nitrogens with two attached hydrogens (primary N) is 1. The van der Waals surface area contributed by atoms with Crippen LogP contribution in [0.4, 0.5) is 0 Å². The van der Waals surface area contributed by atoms with Gasteiger partial charge in [0.25, 0.3) is 5.91 Å². The molecule has 1 amide bonds. The van der Waals surface area contributed by atoms with Crippen LogP contribution in [0.3, 0.4) is 0 Å². The Morgan fingerprint density at radius 2 is 2.40 bits per heavy atom. The number of amides is 1. The Morgan fingerprint density at radius 1 is 1.60 bits per heavy atom. The van der Waals surface area contributed by atoms with Crippen LogP contribution in [0.2, 0.25) is 0 Å². The first-order chi connectivity index (χ1) is 7.26. The largest absolute Gasteiger partial charge is 0.494 e. The molecule has 6 heteroatoms. The standard InChI is InChI=1S/C9H9N3O2S/c1-14-5-3-2-4-6-7(5)11-9(15-6)8(13)12-10/h2-4H,10H2,1H3,(H,12,13). The average Bonchev–Trinajstić information content (AvgIpc) is 2.71. The molecule has 0 saturated heterocycles. The predicted octanol–water partition coefficient (Wildman–Crippen LogP) is 0.908. The van der Waals surface area contributed by atoms with Gasteiger partial charge in [-0.1, -0.05) is 6.07 Å². The Morgan fingerprint density at radius 3 is 3.07 bits per heavy atom. The number of rotatable bonds is 2. The van der Waals surface area contributed by atoms with Crippen LogP contribution in [0.5, 0.6) is 5.75 Å². The van der Waals surface area contributed by atoms with Crippen molar-refractivity contribution in [1.29, 1.82) is 0 Å². The molecule has 0 fully saturated rings. The molecule has 0 bridgehead atoms. The molecule has 1 heterocycles. The molecule has 2 aromatic rings. The second-order valence-electron chi connectivity index (χ2n) is 2.80. The summed E-state index contributed by atoms with van der Waals surface area (Å²) in [5.74, 6) is 5.29. The zero-order chi connectivity index (χ0) is 10.8. The van der Waals surface area contributed by atoms with Gasteiger partial charge < -0.3 is 4.74 Å². The number of methoxy groups -OCH3 is 1. The highest BCUT2D eigenvalue weighted by Gasteiger charge is 2.13. The summed E-state index contributed by atoms with van der Waals surface area (Å²) in [6, 6.07) is 5.53. The zero-order valence-corrected chi connectivity index (χ0v) is 8.80. The number of nitrogens with one attached hydrogen (secondary N) is 1. The topological polar surface area (TPSA) is 77.2 Å². The predicted molar refractivity (Wildman–Crippen MR) is 57.8 cm³/mol. The number of aromatic nitrogens is 1. The lowest BCUT2D eigenvalue weighted by Gasteiger charge is -1.97. The van der Waals surface area contributed by atoms with Gasteiger partial charge in [0.15, 0.2) is 5.01 Å². The van der Waals surface area contributed by atoms with Crippen molar-refractivity contribution in [3.05, 3.63) is 23.2 Å². The molecule has 0 radical (unpaired) electrons. The summed E-state index contributed by atoms with van der Waals surface area (Å²) in [7, 11) is 1.57. The molecule has 0 unspecified atom stereocenters. The molecular weight excluding hydrogens is 214 g/mol. The van der Waals surface area contributed by atoms with E-state index in [0.717, 1.165) is 4.70 Å². The van der Waals surface area contributed by atoms with Gasteiger partial charge in [-0.05, 0) is 12.1 Å². The molecule has 0 aliphatic carbocycles. The van der Waals surface area contributed by atoms with E-state index in [9.17, 15) is 4.79 Å². The lowest BCUT2D eigenvalue weighted by molar-refractivity contribution is 0.0953. The lowest BCUT2D eigenvalue weighted by atomic mass is 10.3. The quantitative estimate of drug-likeness (QED) is 0.450. The second-order valence-corrected chi connectivity index (χ2v) is 3.83. The van der Waals surface area contributed by atoms with Crippen LogP contribution in [-0.2, 0) is 0 Å². The molecule has 3 N–H and O–H groups in total. The van der Waals surface area contributed by atoms with Crippen molar-refractivity contribution in [3.8, 4) is 5.75 Å². The normalized spacial score (nSPS) is 10.3. The number of hydrogen-bond acceptors (Lipinski definition) is 5. The second kappa shape index (κ2) is 3.84. The summed E-state index contributed by atoms with van der Waals surface area (Å²) in [5, 5.41) is 0.331. The summed E-state index contributed by atoms with van der Waals surface area (Å²) >= 11 is 1.28. The van der Waals surface area contributed by atoms with E-state index >= 15 is 0 Å². The maximum atomic E-state index is 11.3. The minimum absolute atomic E-state index is 0.331. The zero-order valence-electron chi connectivity index (χ0n) is 7.98.